The van der Waals surface area contributed by atoms with Crippen LogP contribution in [0.2, 0.25) is 0 Å². The molecule has 0 saturated heterocycles. The summed E-state index contributed by atoms with van der Waals surface area (Å²) in [4.78, 5) is 16.8. The van der Waals surface area contributed by atoms with E-state index in [2.05, 4.69) is 10.3 Å². The van der Waals surface area contributed by atoms with Crippen molar-refractivity contribution < 1.29 is 4.79 Å². The van der Waals surface area contributed by atoms with E-state index in [9.17, 15) is 4.79 Å². The van der Waals surface area contributed by atoms with Crippen LogP contribution in [0.3, 0.4) is 0 Å². The number of anilines is 1. The number of rotatable bonds is 3. The maximum atomic E-state index is 11.7. The number of nitrogens with one attached hydrogen (secondary N) is 1. The summed E-state index contributed by atoms with van der Waals surface area (Å²) in [7, 11) is 0. The zero-order chi connectivity index (χ0) is 11.4. The quantitative estimate of drug-likeness (QED) is 0.884. The molecule has 0 saturated carbocycles. The third-order valence-corrected chi connectivity index (χ3v) is 2.97. The van der Waals surface area contributed by atoms with Crippen LogP contribution in [0.1, 0.15) is 9.88 Å². The van der Waals surface area contributed by atoms with Crippen molar-refractivity contribution in [1.82, 2.24) is 4.98 Å². The first-order valence-corrected chi connectivity index (χ1v) is 5.82. The van der Waals surface area contributed by atoms with Crippen LogP contribution in [-0.4, -0.2) is 10.9 Å². The second kappa shape index (κ2) is 4.90. The third-order valence-electron chi connectivity index (χ3n) is 2.06. The highest BCUT2D eigenvalue weighted by atomic mass is 32.1. The minimum atomic E-state index is -0.00477. The molecule has 0 unspecified atom stereocenters. The number of para-hydroxylation sites is 1. The van der Waals surface area contributed by atoms with Gasteiger partial charge in [0.15, 0.2) is 0 Å². The molecule has 2 rings (SSSR count). The smallest absolute Gasteiger partial charge is 0.229 e. The van der Waals surface area contributed by atoms with E-state index in [1.807, 2.05) is 37.3 Å². The molecule has 0 bridgehead atoms. The van der Waals surface area contributed by atoms with E-state index in [0.717, 1.165) is 15.6 Å². The standard InChI is InChI=1S/C12H12N2OS/c1-9-13-8-11(16-9)7-12(15)14-10-5-3-2-4-6-10/h2-6,8H,7H2,1H3,(H,14,15). The van der Waals surface area contributed by atoms with E-state index in [1.165, 1.54) is 0 Å². The van der Waals surface area contributed by atoms with Crippen LogP contribution in [0, 0.1) is 6.92 Å². The van der Waals surface area contributed by atoms with Gasteiger partial charge in [0, 0.05) is 16.8 Å². The Labute approximate surface area is 98.2 Å². The van der Waals surface area contributed by atoms with Crippen molar-refractivity contribution in [3.05, 3.63) is 46.4 Å². The fraction of sp³-hybridized carbons (Fsp3) is 0.167. The predicted octanol–water partition coefficient (Wildman–Crippen LogP) is 2.63. The fourth-order valence-corrected chi connectivity index (χ4v) is 2.17. The van der Waals surface area contributed by atoms with Crippen molar-refractivity contribution in [2.75, 3.05) is 5.32 Å². The molecule has 0 spiro atoms. The predicted molar refractivity (Wildman–Crippen MR) is 65.6 cm³/mol. The highest BCUT2D eigenvalue weighted by molar-refractivity contribution is 7.11. The molecule has 0 aliphatic rings. The van der Waals surface area contributed by atoms with Crippen molar-refractivity contribution >= 4 is 22.9 Å². The molecule has 1 N–H and O–H groups in total. The minimum absolute atomic E-state index is 0.00477. The molecular formula is C12H12N2OS. The number of aryl methyl sites for hydroxylation is 1. The number of thiazole rings is 1. The van der Waals surface area contributed by atoms with Crippen molar-refractivity contribution in [3.63, 3.8) is 0 Å². The molecule has 82 valence electrons. The number of carbonyl (C=O) groups excluding carboxylic acids is 1. The third kappa shape index (κ3) is 2.90. The molecular weight excluding hydrogens is 220 g/mol. The lowest BCUT2D eigenvalue weighted by Crippen LogP contribution is -2.13. The lowest BCUT2D eigenvalue weighted by Gasteiger charge is -2.02. The zero-order valence-corrected chi connectivity index (χ0v) is 9.75. The summed E-state index contributed by atoms with van der Waals surface area (Å²) in [6.45, 7) is 1.93. The molecule has 3 nitrogen and oxygen atoms in total. The number of nitrogens with zero attached hydrogens (tertiary/aromatic N) is 1. The van der Waals surface area contributed by atoms with Crippen LogP contribution in [0.25, 0.3) is 0 Å². The Balaban J connectivity index is 1.95. The van der Waals surface area contributed by atoms with Crippen LogP contribution < -0.4 is 5.32 Å². The summed E-state index contributed by atoms with van der Waals surface area (Å²) in [6.07, 6.45) is 2.14. The first-order chi connectivity index (χ1) is 7.74. The average Bonchev–Trinajstić information content (AvgIpc) is 2.65. The maximum absolute atomic E-state index is 11.7. The van der Waals surface area contributed by atoms with Gasteiger partial charge in [-0.3, -0.25) is 4.79 Å². The Kier molecular flexibility index (Phi) is 3.31. The molecule has 0 aliphatic carbocycles. The van der Waals surface area contributed by atoms with Crippen molar-refractivity contribution in [3.8, 4) is 0 Å². The van der Waals surface area contributed by atoms with Crippen LogP contribution in [0.5, 0.6) is 0 Å². The molecule has 0 aliphatic heterocycles. The monoisotopic (exact) mass is 232 g/mol. The van der Waals surface area contributed by atoms with Gasteiger partial charge in [-0.25, -0.2) is 4.98 Å². The Bertz CT molecular complexity index is 479. The first kappa shape index (κ1) is 10.8. The SMILES string of the molecule is Cc1ncc(CC(=O)Nc2ccccc2)s1. The molecule has 0 atom stereocenters. The highest BCUT2D eigenvalue weighted by Crippen LogP contribution is 2.13. The van der Waals surface area contributed by atoms with E-state index >= 15 is 0 Å². The Morgan fingerprint density at radius 3 is 2.75 bits per heavy atom. The summed E-state index contributed by atoms with van der Waals surface area (Å²) in [5, 5.41) is 3.83. The van der Waals surface area contributed by atoms with Gasteiger partial charge < -0.3 is 5.32 Å². The van der Waals surface area contributed by atoms with E-state index in [4.69, 9.17) is 0 Å². The largest absolute Gasteiger partial charge is 0.326 e. The van der Waals surface area contributed by atoms with E-state index in [-0.39, 0.29) is 5.91 Å². The van der Waals surface area contributed by atoms with Gasteiger partial charge in [0.1, 0.15) is 0 Å². The number of amides is 1. The molecule has 1 aromatic heterocycles. The average molecular weight is 232 g/mol. The molecule has 0 fully saturated rings. The van der Waals surface area contributed by atoms with Crippen LogP contribution in [0.4, 0.5) is 5.69 Å². The zero-order valence-electron chi connectivity index (χ0n) is 8.93. The van der Waals surface area contributed by atoms with Crippen molar-refractivity contribution in [2.24, 2.45) is 0 Å². The normalized spacial score (nSPS) is 10.1. The Hall–Kier alpha value is -1.68. The topological polar surface area (TPSA) is 42.0 Å². The number of benzene rings is 1. The van der Waals surface area contributed by atoms with E-state index in [1.54, 1.807) is 17.5 Å². The van der Waals surface area contributed by atoms with Gasteiger partial charge in [0.2, 0.25) is 5.91 Å². The number of hydrogen-bond acceptors (Lipinski definition) is 3. The molecule has 2 aromatic rings. The summed E-state index contributed by atoms with van der Waals surface area (Å²) in [5.41, 5.74) is 0.828. The lowest BCUT2D eigenvalue weighted by atomic mass is 10.3. The molecule has 0 radical (unpaired) electrons. The molecule has 1 amide bonds. The van der Waals surface area contributed by atoms with Gasteiger partial charge >= 0.3 is 0 Å². The van der Waals surface area contributed by atoms with Gasteiger partial charge in [-0.15, -0.1) is 11.3 Å². The number of aromatic nitrogens is 1. The maximum Gasteiger partial charge on any atom is 0.229 e. The number of hydrogen-bond donors (Lipinski definition) is 1. The first-order valence-electron chi connectivity index (χ1n) is 5.00. The van der Waals surface area contributed by atoms with E-state index < -0.39 is 0 Å². The summed E-state index contributed by atoms with van der Waals surface area (Å²) >= 11 is 1.55. The van der Waals surface area contributed by atoms with Gasteiger partial charge in [-0.05, 0) is 19.1 Å². The summed E-state index contributed by atoms with van der Waals surface area (Å²) in [5.74, 6) is -0.00477. The minimum Gasteiger partial charge on any atom is -0.326 e. The molecule has 1 aromatic carbocycles. The van der Waals surface area contributed by atoms with E-state index in [0.29, 0.717) is 6.42 Å². The summed E-state index contributed by atoms with van der Waals surface area (Å²) < 4.78 is 0. The van der Waals surface area contributed by atoms with Crippen LogP contribution >= 0.6 is 11.3 Å². The highest BCUT2D eigenvalue weighted by Gasteiger charge is 2.06. The van der Waals surface area contributed by atoms with Gasteiger partial charge in [0.05, 0.1) is 11.4 Å². The molecule has 16 heavy (non-hydrogen) atoms. The fourth-order valence-electron chi connectivity index (χ4n) is 1.37. The molecule has 4 heteroatoms. The van der Waals surface area contributed by atoms with Crippen LogP contribution in [0.15, 0.2) is 36.5 Å². The Morgan fingerprint density at radius 2 is 2.12 bits per heavy atom. The summed E-state index contributed by atoms with van der Waals surface area (Å²) in [6, 6.07) is 9.45. The molecule has 1 heterocycles. The van der Waals surface area contributed by atoms with Crippen molar-refractivity contribution in [2.45, 2.75) is 13.3 Å². The number of carbonyl (C=O) groups is 1. The van der Waals surface area contributed by atoms with Gasteiger partial charge in [-0.2, -0.15) is 0 Å². The Morgan fingerprint density at radius 1 is 1.38 bits per heavy atom. The lowest BCUT2D eigenvalue weighted by molar-refractivity contribution is -0.115. The second-order valence-corrected chi connectivity index (χ2v) is 4.76. The van der Waals surface area contributed by atoms with Gasteiger partial charge in [-0.1, -0.05) is 18.2 Å². The van der Waals surface area contributed by atoms with Crippen LogP contribution in [-0.2, 0) is 11.2 Å². The van der Waals surface area contributed by atoms with Gasteiger partial charge in [0.25, 0.3) is 0 Å². The van der Waals surface area contributed by atoms with Crippen molar-refractivity contribution in [1.29, 1.82) is 0 Å². The second-order valence-electron chi connectivity index (χ2n) is 3.44.